The summed E-state index contributed by atoms with van der Waals surface area (Å²) in [7, 11) is -3.71. The minimum atomic E-state index is -3.71. The van der Waals surface area contributed by atoms with Gasteiger partial charge in [0.15, 0.2) is 0 Å². The zero-order valence-corrected chi connectivity index (χ0v) is 17.8. The van der Waals surface area contributed by atoms with Crippen LogP contribution >= 0.6 is 15.9 Å². The van der Waals surface area contributed by atoms with E-state index in [4.69, 9.17) is 0 Å². The second kappa shape index (κ2) is 8.16. The first-order valence-corrected chi connectivity index (χ1v) is 10.8. The second-order valence-electron chi connectivity index (χ2n) is 6.39. The zero-order chi connectivity index (χ0) is 20.3. The maximum atomic E-state index is 12.6. The summed E-state index contributed by atoms with van der Waals surface area (Å²) in [5.41, 5.74) is 3.63. The van der Waals surface area contributed by atoms with Crippen LogP contribution in [0.3, 0.4) is 0 Å². The molecule has 0 bridgehead atoms. The van der Waals surface area contributed by atoms with Gasteiger partial charge in [0.1, 0.15) is 0 Å². The molecule has 0 spiro atoms. The molecule has 0 radical (unpaired) electrons. The fourth-order valence-corrected chi connectivity index (χ4v) is 3.85. The van der Waals surface area contributed by atoms with Gasteiger partial charge in [-0.3, -0.25) is 9.52 Å². The quantitative estimate of drug-likeness (QED) is 0.556. The number of nitrogens with one attached hydrogen (secondary N) is 2. The lowest BCUT2D eigenvalue weighted by molar-refractivity contribution is 0.102. The van der Waals surface area contributed by atoms with Gasteiger partial charge in [-0.1, -0.05) is 22.0 Å². The summed E-state index contributed by atoms with van der Waals surface area (Å²) < 4.78 is 28.6. The molecule has 7 heteroatoms. The maximum Gasteiger partial charge on any atom is 0.261 e. The summed E-state index contributed by atoms with van der Waals surface area (Å²) in [4.78, 5) is 12.4. The zero-order valence-electron chi connectivity index (χ0n) is 15.4. The summed E-state index contributed by atoms with van der Waals surface area (Å²) in [5, 5.41) is 2.75. The van der Waals surface area contributed by atoms with Crippen LogP contribution in [-0.2, 0) is 10.0 Å². The first-order valence-electron chi connectivity index (χ1n) is 8.52. The van der Waals surface area contributed by atoms with E-state index < -0.39 is 10.0 Å². The first kappa shape index (κ1) is 20.1. The van der Waals surface area contributed by atoms with Crippen molar-refractivity contribution in [2.45, 2.75) is 18.7 Å². The predicted molar refractivity (Wildman–Crippen MR) is 115 cm³/mol. The Morgan fingerprint density at radius 3 is 2.04 bits per heavy atom. The van der Waals surface area contributed by atoms with Crippen molar-refractivity contribution in [2.75, 3.05) is 10.0 Å². The number of hydrogen-bond donors (Lipinski definition) is 2. The Labute approximate surface area is 173 Å². The maximum absolute atomic E-state index is 12.6. The normalized spacial score (nSPS) is 11.1. The van der Waals surface area contributed by atoms with E-state index in [1.807, 2.05) is 19.9 Å². The fourth-order valence-electron chi connectivity index (χ4n) is 2.54. The molecule has 2 N–H and O–H groups in total. The highest BCUT2D eigenvalue weighted by Gasteiger charge is 2.15. The van der Waals surface area contributed by atoms with Crippen molar-refractivity contribution in [3.8, 4) is 0 Å². The molecular formula is C21H19BrN2O3S. The molecule has 0 aromatic heterocycles. The predicted octanol–water partition coefficient (Wildman–Crippen LogP) is 5.12. The third-order valence-electron chi connectivity index (χ3n) is 4.29. The van der Waals surface area contributed by atoms with Crippen molar-refractivity contribution in [1.29, 1.82) is 0 Å². The SMILES string of the molecule is Cc1ccc(NS(=O)(=O)c2ccc(NC(=O)c3ccc(Br)cc3)cc2)cc1C. The molecule has 0 saturated heterocycles. The number of aryl methyl sites for hydroxylation is 2. The Bertz CT molecular complexity index is 1110. The lowest BCUT2D eigenvalue weighted by Crippen LogP contribution is -2.14. The second-order valence-corrected chi connectivity index (χ2v) is 8.99. The van der Waals surface area contributed by atoms with Crippen LogP contribution < -0.4 is 10.0 Å². The minimum Gasteiger partial charge on any atom is -0.322 e. The summed E-state index contributed by atoms with van der Waals surface area (Å²) >= 11 is 3.32. The third-order valence-corrected chi connectivity index (χ3v) is 6.21. The van der Waals surface area contributed by atoms with Crippen molar-refractivity contribution in [3.05, 3.63) is 87.9 Å². The Kier molecular flexibility index (Phi) is 5.86. The molecule has 1 amide bonds. The largest absolute Gasteiger partial charge is 0.322 e. The fraction of sp³-hybridized carbons (Fsp3) is 0.0952. The highest BCUT2D eigenvalue weighted by atomic mass is 79.9. The van der Waals surface area contributed by atoms with Gasteiger partial charge in [-0.15, -0.1) is 0 Å². The molecule has 144 valence electrons. The molecule has 28 heavy (non-hydrogen) atoms. The molecule has 0 atom stereocenters. The van der Waals surface area contributed by atoms with E-state index in [0.717, 1.165) is 15.6 Å². The average Bonchev–Trinajstić information content (AvgIpc) is 2.65. The van der Waals surface area contributed by atoms with Gasteiger partial charge < -0.3 is 5.32 Å². The molecule has 3 aromatic carbocycles. The van der Waals surface area contributed by atoms with E-state index in [1.54, 1.807) is 48.5 Å². The van der Waals surface area contributed by atoms with Crippen LogP contribution in [0, 0.1) is 13.8 Å². The Morgan fingerprint density at radius 1 is 0.821 bits per heavy atom. The number of anilines is 2. The first-order chi connectivity index (χ1) is 13.2. The number of rotatable bonds is 5. The summed E-state index contributed by atoms with van der Waals surface area (Å²) in [6.07, 6.45) is 0. The van der Waals surface area contributed by atoms with Gasteiger partial charge in [0.25, 0.3) is 15.9 Å². The number of carbonyl (C=O) groups excluding carboxylic acids is 1. The molecule has 0 aliphatic heterocycles. The highest BCUT2D eigenvalue weighted by molar-refractivity contribution is 9.10. The van der Waals surface area contributed by atoms with Gasteiger partial charge in [0, 0.05) is 21.4 Å². The summed E-state index contributed by atoms with van der Waals surface area (Å²) in [6.45, 7) is 3.89. The van der Waals surface area contributed by atoms with Crippen molar-refractivity contribution in [2.24, 2.45) is 0 Å². The Hall–Kier alpha value is -2.64. The molecule has 3 rings (SSSR count). The van der Waals surface area contributed by atoms with Crippen molar-refractivity contribution >= 4 is 43.2 Å². The van der Waals surface area contributed by atoms with Crippen LogP contribution in [-0.4, -0.2) is 14.3 Å². The number of halogens is 1. The van der Waals surface area contributed by atoms with Gasteiger partial charge in [0.05, 0.1) is 4.90 Å². The van der Waals surface area contributed by atoms with E-state index in [2.05, 4.69) is 26.0 Å². The molecule has 0 unspecified atom stereocenters. The summed E-state index contributed by atoms with van der Waals surface area (Å²) in [5.74, 6) is -0.267. The van der Waals surface area contributed by atoms with Crippen molar-refractivity contribution in [1.82, 2.24) is 0 Å². The van der Waals surface area contributed by atoms with Crippen LogP contribution in [0.4, 0.5) is 11.4 Å². The van der Waals surface area contributed by atoms with Gasteiger partial charge >= 0.3 is 0 Å². The van der Waals surface area contributed by atoms with Crippen molar-refractivity contribution in [3.63, 3.8) is 0 Å². The summed E-state index contributed by atoms with van der Waals surface area (Å²) in [6, 6.07) is 18.4. The Morgan fingerprint density at radius 2 is 1.43 bits per heavy atom. The number of carbonyl (C=O) groups is 1. The van der Waals surface area contributed by atoms with E-state index >= 15 is 0 Å². The molecule has 0 saturated carbocycles. The van der Waals surface area contributed by atoms with E-state index in [9.17, 15) is 13.2 Å². The molecule has 0 heterocycles. The smallest absolute Gasteiger partial charge is 0.261 e. The molecule has 5 nitrogen and oxygen atoms in total. The molecule has 3 aromatic rings. The monoisotopic (exact) mass is 458 g/mol. The minimum absolute atomic E-state index is 0.118. The van der Waals surface area contributed by atoms with Gasteiger partial charge in [0.2, 0.25) is 0 Å². The molecule has 0 aliphatic rings. The van der Waals surface area contributed by atoms with Crippen LogP contribution in [0.2, 0.25) is 0 Å². The standard InChI is InChI=1S/C21H19BrN2O3S/c1-14-3-8-19(13-15(14)2)24-28(26,27)20-11-9-18(10-12-20)23-21(25)16-4-6-17(22)7-5-16/h3-13,24H,1-2H3,(H,23,25). The highest BCUT2D eigenvalue weighted by Crippen LogP contribution is 2.21. The Balaban J connectivity index is 1.72. The third kappa shape index (κ3) is 4.79. The van der Waals surface area contributed by atoms with Crippen LogP contribution in [0.1, 0.15) is 21.5 Å². The number of benzene rings is 3. The number of sulfonamides is 1. The van der Waals surface area contributed by atoms with Crippen LogP contribution in [0.15, 0.2) is 76.1 Å². The van der Waals surface area contributed by atoms with E-state index in [-0.39, 0.29) is 10.8 Å². The number of amides is 1. The van der Waals surface area contributed by atoms with Crippen molar-refractivity contribution < 1.29 is 13.2 Å². The van der Waals surface area contributed by atoms with Gasteiger partial charge in [-0.25, -0.2) is 8.42 Å². The van der Waals surface area contributed by atoms with E-state index in [1.165, 1.54) is 12.1 Å². The average molecular weight is 459 g/mol. The molecule has 0 fully saturated rings. The van der Waals surface area contributed by atoms with E-state index in [0.29, 0.717) is 16.9 Å². The lowest BCUT2D eigenvalue weighted by Gasteiger charge is -2.11. The molecular weight excluding hydrogens is 440 g/mol. The lowest BCUT2D eigenvalue weighted by atomic mass is 10.1. The van der Waals surface area contributed by atoms with Crippen LogP contribution in [0.25, 0.3) is 0 Å². The topological polar surface area (TPSA) is 75.3 Å². The number of hydrogen-bond acceptors (Lipinski definition) is 3. The van der Waals surface area contributed by atoms with Crippen LogP contribution in [0.5, 0.6) is 0 Å². The van der Waals surface area contributed by atoms with Gasteiger partial charge in [-0.2, -0.15) is 0 Å². The van der Waals surface area contributed by atoms with Gasteiger partial charge in [-0.05, 0) is 85.6 Å². The molecule has 0 aliphatic carbocycles.